The highest BCUT2D eigenvalue weighted by Crippen LogP contribution is 2.29. The second kappa shape index (κ2) is 4.99. The fraction of sp³-hybridized carbons (Fsp3) is 0.400. The molecule has 0 spiro atoms. The number of aliphatic hydroxyl groups is 2. The van der Waals surface area contributed by atoms with E-state index in [1.807, 2.05) is 0 Å². The van der Waals surface area contributed by atoms with Crippen LogP contribution in [0.1, 0.15) is 18.1 Å². The number of H-pyrrole nitrogens is 1. The molecular weight excluding hydrogens is 288 g/mol. The van der Waals surface area contributed by atoms with Crippen molar-refractivity contribution < 1.29 is 10.2 Å². The number of anilines is 1. The number of nitrogens with one attached hydrogen (secondary N) is 1. The Morgan fingerprint density at radius 3 is 2.88 bits per heavy atom. The molecule has 2 heterocycles. The van der Waals surface area contributed by atoms with Gasteiger partial charge in [0, 0.05) is 17.1 Å². The van der Waals surface area contributed by atoms with Gasteiger partial charge < -0.3 is 20.9 Å². The molecule has 2 aromatic rings. The van der Waals surface area contributed by atoms with E-state index >= 15 is 0 Å². The zero-order chi connectivity index (χ0) is 12.4. The summed E-state index contributed by atoms with van der Waals surface area (Å²) in [5.41, 5.74) is 6.81. The number of nitrogen functional groups attached to an aromatic ring is 1. The van der Waals surface area contributed by atoms with Crippen LogP contribution in [0.3, 0.4) is 0 Å². The maximum atomic E-state index is 10.0. The molecule has 2 aromatic heterocycles. The molecule has 0 bridgehead atoms. The van der Waals surface area contributed by atoms with Gasteiger partial charge in [-0.15, -0.1) is 0 Å². The molecule has 6 nitrogen and oxygen atoms in total. The maximum absolute atomic E-state index is 10.0. The Hall–Kier alpha value is -1.18. The number of fused-ring (bicyclic) bond motifs is 1. The van der Waals surface area contributed by atoms with Crippen molar-refractivity contribution >= 4 is 32.8 Å². The van der Waals surface area contributed by atoms with Gasteiger partial charge in [0.05, 0.1) is 11.5 Å². The molecule has 7 heteroatoms. The minimum absolute atomic E-state index is 0.288. The van der Waals surface area contributed by atoms with E-state index in [9.17, 15) is 10.2 Å². The van der Waals surface area contributed by atoms with Crippen LogP contribution in [0.2, 0.25) is 0 Å². The minimum atomic E-state index is -1.01. The first kappa shape index (κ1) is 12.3. The Bertz CT molecular complexity index is 516. The molecule has 0 fully saturated rings. The van der Waals surface area contributed by atoms with Gasteiger partial charge >= 0.3 is 0 Å². The highest BCUT2D eigenvalue weighted by atomic mass is 79.9. The molecule has 0 aliphatic rings. The van der Waals surface area contributed by atoms with Crippen molar-refractivity contribution in [2.45, 2.75) is 18.6 Å². The second-order valence-electron chi connectivity index (χ2n) is 3.72. The summed E-state index contributed by atoms with van der Waals surface area (Å²) in [6, 6.07) is 0. The van der Waals surface area contributed by atoms with E-state index in [0.717, 1.165) is 0 Å². The SMILES string of the molecule is Nc1ncnc2[nH]cc(C(O)C(O)CCBr)c12. The Balaban J connectivity index is 2.42. The number of hydrogen-bond acceptors (Lipinski definition) is 5. The standard InChI is InChI=1S/C10H13BrN4O2/c11-2-1-6(16)8(17)5-3-13-10-7(5)9(12)14-4-15-10/h3-4,6,8,16-17H,1-2H2,(H3,12,13,14,15). The summed E-state index contributed by atoms with van der Waals surface area (Å²) >= 11 is 3.22. The zero-order valence-electron chi connectivity index (χ0n) is 8.97. The lowest BCUT2D eigenvalue weighted by Gasteiger charge is -2.16. The monoisotopic (exact) mass is 300 g/mol. The molecule has 92 valence electrons. The summed E-state index contributed by atoms with van der Waals surface area (Å²) in [7, 11) is 0. The highest BCUT2D eigenvalue weighted by molar-refractivity contribution is 9.09. The Kier molecular flexibility index (Phi) is 3.60. The van der Waals surface area contributed by atoms with E-state index in [4.69, 9.17) is 5.73 Å². The van der Waals surface area contributed by atoms with E-state index in [0.29, 0.717) is 28.3 Å². The van der Waals surface area contributed by atoms with Crippen LogP contribution in [-0.4, -0.2) is 36.6 Å². The average Bonchev–Trinajstić information content (AvgIpc) is 2.73. The third-order valence-electron chi connectivity index (χ3n) is 2.62. The van der Waals surface area contributed by atoms with Crippen LogP contribution < -0.4 is 5.73 Å². The summed E-state index contributed by atoms with van der Waals surface area (Å²) in [4.78, 5) is 10.8. The number of halogens is 1. The number of nitrogens with zero attached hydrogens (tertiary/aromatic N) is 2. The van der Waals surface area contributed by atoms with E-state index in [-0.39, 0.29) is 5.82 Å². The molecule has 0 aliphatic carbocycles. The van der Waals surface area contributed by atoms with Crippen molar-refractivity contribution in [3.05, 3.63) is 18.1 Å². The van der Waals surface area contributed by atoms with E-state index in [1.165, 1.54) is 6.33 Å². The lowest BCUT2D eigenvalue weighted by atomic mass is 10.0. The van der Waals surface area contributed by atoms with Crippen LogP contribution in [0.15, 0.2) is 12.5 Å². The predicted molar refractivity (Wildman–Crippen MR) is 67.7 cm³/mol. The van der Waals surface area contributed by atoms with Gasteiger partial charge in [0.15, 0.2) is 0 Å². The molecule has 0 saturated heterocycles. The summed E-state index contributed by atoms with van der Waals surface area (Å²) in [5, 5.41) is 21.0. The highest BCUT2D eigenvalue weighted by Gasteiger charge is 2.22. The van der Waals surface area contributed by atoms with Crippen molar-refractivity contribution in [3.8, 4) is 0 Å². The summed E-state index contributed by atoms with van der Waals surface area (Å²) < 4.78 is 0. The van der Waals surface area contributed by atoms with Crippen LogP contribution in [0.4, 0.5) is 5.82 Å². The molecule has 2 atom stereocenters. The van der Waals surface area contributed by atoms with Gasteiger partial charge in [0.2, 0.25) is 0 Å². The second-order valence-corrected chi connectivity index (χ2v) is 4.51. The van der Waals surface area contributed by atoms with Gasteiger partial charge in [0.1, 0.15) is 23.9 Å². The molecule has 0 radical (unpaired) electrons. The van der Waals surface area contributed by atoms with Crippen molar-refractivity contribution in [1.29, 1.82) is 0 Å². The van der Waals surface area contributed by atoms with Crippen molar-refractivity contribution in [2.75, 3.05) is 11.1 Å². The minimum Gasteiger partial charge on any atom is -0.390 e. The third-order valence-corrected chi connectivity index (χ3v) is 3.08. The lowest BCUT2D eigenvalue weighted by Crippen LogP contribution is -2.18. The van der Waals surface area contributed by atoms with Crippen LogP contribution in [0.5, 0.6) is 0 Å². The predicted octanol–water partition coefficient (Wildman–Crippen LogP) is 0.719. The maximum Gasteiger partial charge on any atom is 0.143 e. The molecule has 17 heavy (non-hydrogen) atoms. The average molecular weight is 301 g/mol. The zero-order valence-corrected chi connectivity index (χ0v) is 10.6. The van der Waals surface area contributed by atoms with Gasteiger partial charge in [-0.3, -0.25) is 0 Å². The number of rotatable bonds is 4. The number of alkyl halides is 1. The topological polar surface area (TPSA) is 108 Å². The van der Waals surface area contributed by atoms with Gasteiger partial charge in [-0.25, -0.2) is 9.97 Å². The molecule has 0 aliphatic heterocycles. The van der Waals surface area contributed by atoms with Gasteiger partial charge in [0.25, 0.3) is 0 Å². The number of aromatic nitrogens is 3. The number of aromatic amines is 1. The summed E-state index contributed by atoms with van der Waals surface area (Å²) in [6.07, 6.45) is 1.53. The number of aliphatic hydroxyl groups excluding tert-OH is 2. The first-order chi connectivity index (χ1) is 8.15. The van der Waals surface area contributed by atoms with Crippen LogP contribution in [-0.2, 0) is 0 Å². The fourth-order valence-electron chi connectivity index (χ4n) is 1.72. The van der Waals surface area contributed by atoms with E-state index in [2.05, 4.69) is 30.9 Å². The van der Waals surface area contributed by atoms with Crippen molar-refractivity contribution in [2.24, 2.45) is 0 Å². The molecule has 2 unspecified atom stereocenters. The molecule has 2 rings (SSSR count). The summed E-state index contributed by atoms with van der Waals surface area (Å²) in [5.74, 6) is 0.288. The largest absolute Gasteiger partial charge is 0.390 e. The number of nitrogens with two attached hydrogens (primary N) is 1. The van der Waals surface area contributed by atoms with Gasteiger partial charge in [-0.1, -0.05) is 15.9 Å². The smallest absolute Gasteiger partial charge is 0.143 e. The molecular formula is C10H13BrN4O2. The molecule has 0 saturated carbocycles. The van der Waals surface area contributed by atoms with Crippen LogP contribution >= 0.6 is 15.9 Å². The van der Waals surface area contributed by atoms with Crippen molar-refractivity contribution in [1.82, 2.24) is 15.0 Å². The van der Waals surface area contributed by atoms with Crippen molar-refractivity contribution in [3.63, 3.8) is 0 Å². The quantitative estimate of drug-likeness (QED) is 0.622. The lowest BCUT2D eigenvalue weighted by molar-refractivity contribution is 0.0182. The van der Waals surface area contributed by atoms with E-state index < -0.39 is 12.2 Å². The van der Waals surface area contributed by atoms with Crippen LogP contribution in [0, 0.1) is 0 Å². The van der Waals surface area contributed by atoms with Gasteiger partial charge in [-0.05, 0) is 6.42 Å². The number of hydrogen-bond donors (Lipinski definition) is 4. The first-order valence-corrected chi connectivity index (χ1v) is 6.27. The fourth-order valence-corrected chi connectivity index (χ4v) is 2.19. The van der Waals surface area contributed by atoms with Gasteiger partial charge in [-0.2, -0.15) is 0 Å². The Labute approximate surface area is 106 Å². The molecule has 0 amide bonds. The molecule has 0 aromatic carbocycles. The third kappa shape index (κ3) is 2.26. The van der Waals surface area contributed by atoms with E-state index in [1.54, 1.807) is 6.20 Å². The molecule has 5 N–H and O–H groups in total. The Morgan fingerprint density at radius 1 is 1.41 bits per heavy atom. The first-order valence-electron chi connectivity index (χ1n) is 5.14. The normalized spacial score (nSPS) is 15.0. The van der Waals surface area contributed by atoms with Crippen LogP contribution in [0.25, 0.3) is 11.0 Å². The Morgan fingerprint density at radius 2 is 2.18 bits per heavy atom. The summed E-state index contributed by atoms with van der Waals surface area (Å²) in [6.45, 7) is 0.